The van der Waals surface area contributed by atoms with Crippen LogP contribution in [0.4, 0.5) is 5.69 Å². The number of methoxy groups -OCH3 is 1. The minimum atomic E-state index is -0.564. The second-order valence-corrected chi connectivity index (χ2v) is 10.7. The molecule has 10 nitrogen and oxygen atoms in total. The molecule has 0 aliphatic carbocycles. The lowest BCUT2D eigenvalue weighted by Gasteiger charge is -2.17. The summed E-state index contributed by atoms with van der Waals surface area (Å²) in [7, 11) is 1.63. The number of aromatic nitrogens is 3. The molecule has 0 bridgehead atoms. The average Bonchev–Trinajstić information content (AvgIpc) is 2.98. The fourth-order valence-electron chi connectivity index (χ4n) is 4.49. The van der Waals surface area contributed by atoms with Crippen molar-refractivity contribution in [1.82, 2.24) is 14.6 Å². The largest absolute Gasteiger partial charge is 0.496 e. The van der Waals surface area contributed by atoms with Crippen LogP contribution in [0.1, 0.15) is 36.5 Å². The molecule has 0 aliphatic heterocycles. The number of ether oxygens (including phenoxy) is 2. The van der Waals surface area contributed by atoms with E-state index in [1.807, 2.05) is 25.1 Å². The maximum absolute atomic E-state index is 13.7. The van der Waals surface area contributed by atoms with Crippen LogP contribution in [0.2, 0.25) is 10.0 Å². The van der Waals surface area contributed by atoms with Gasteiger partial charge in [-0.2, -0.15) is 9.78 Å². The zero-order valence-electron chi connectivity index (χ0n) is 23.5. The summed E-state index contributed by atoms with van der Waals surface area (Å²) in [5, 5.41) is 16.1. The van der Waals surface area contributed by atoms with E-state index >= 15 is 0 Å². The average molecular weight is 618 g/mol. The van der Waals surface area contributed by atoms with Gasteiger partial charge in [0.25, 0.3) is 11.2 Å². The first kappa shape index (κ1) is 29.7. The maximum atomic E-state index is 13.7. The quantitative estimate of drug-likeness (QED) is 0.0989. The molecule has 0 aliphatic rings. The second-order valence-electron chi connectivity index (χ2n) is 9.91. The van der Waals surface area contributed by atoms with E-state index < -0.39 is 4.92 Å². The van der Waals surface area contributed by atoms with Gasteiger partial charge in [0.1, 0.15) is 11.9 Å². The number of fused-ring (bicyclic) bond motifs is 1. The molecule has 0 radical (unpaired) electrons. The summed E-state index contributed by atoms with van der Waals surface area (Å²) in [6, 6.07) is 16.7. The van der Waals surface area contributed by atoms with Gasteiger partial charge >= 0.3 is 0 Å². The van der Waals surface area contributed by atoms with Crippen LogP contribution >= 0.6 is 23.2 Å². The first-order chi connectivity index (χ1) is 20.6. The highest BCUT2D eigenvalue weighted by molar-refractivity contribution is 6.37. The van der Waals surface area contributed by atoms with Crippen LogP contribution in [0, 0.1) is 17.0 Å². The fraction of sp³-hybridized carbons (Fsp3) is 0.161. The first-order valence-electron chi connectivity index (χ1n) is 13.1. The van der Waals surface area contributed by atoms with E-state index in [-0.39, 0.29) is 38.8 Å². The standard InChI is InChI=1S/C31H25Cl2N5O5/c1-17(2)22-14-23(18(3)11-27(22)42-4)30-36-26-8-6-5-7-21(26)31(39)37(30)35-15-19-12-24(32)29(25(33)13-19)43-28-10-9-20(16-34-28)38(40)41/h5-17H,1-4H3. The lowest BCUT2D eigenvalue weighted by Crippen LogP contribution is -2.20. The van der Waals surface area contributed by atoms with E-state index in [2.05, 4.69) is 23.9 Å². The van der Waals surface area contributed by atoms with Crippen LogP contribution in [0.25, 0.3) is 22.3 Å². The van der Waals surface area contributed by atoms with Crippen molar-refractivity contribution >= 4 is 46.0 Å². The molecule has 0 saturated carbocycles. The summed E-state index contributed by atoms with van der Waals surface area (Å²) in [4.78, 5) is 32.8. The van der Waals surface area contributed by atoms with Crippen molar-refractivity contribution in [2.24, 2.45) is 5.10 Å². The summed E-state index contributed by atoms with van der Waals surface area (Å²) < 4.78 is 12.5. The molecule has 43 heavy (non-hydrogen) atoms. The predicted octanol–water partition coefficient (Wildman–Crippen LogP) is 7.79. The third-order valence-electron chi connectivity index (χ3n) is 6.67. The van der Waals surface area contributed by atoms with E-state index in [9.17, 15) is 14.9 Å². The van der Waals surface area contributed by atoms with Crippen LogP contribution in [-0.4, -0.2) is 32.9 Å². The van der Waals surface area contributed by atoms with Crippen LogP contribution in [0.15, 0.2) is 76.8 Å². The third-order valence-corrected chi connectivity index (χ3v) is 7.24. The van der Waals surface area contributed by atoms with Gasteiger partial charge in [0.15, 0.2) is 11.6 Å². The summed E-state index contributed by atoms with van der Waals surface area (Å²) in [5.41, 5.74) is 3.07. The van der Waals surface area contributed by atoms with Gasteiger partial charge < -0.3 is 9.47 Å². The van der Waals surface area contributed by atoms with Crippen molar-refractivity contribution in [3.8, 4) is 28.8 Å². The zero-order chi connectivity index (χ0) is 30.8. The Bertz CT molecular complexity index is 1930. The number of pyridine rings is 1. The third kappa shape index (κ3) is 6.06. The summed E-state index contributed by atoms with van der Waals surface area (Å²) >= 11 is 13.0. The van der Waals surface area contributed by atoms with E-state index in [4.69, 9.17) is 37.7 Å². The highest BCUT2D eigenvalue weighted by Crippen LogP contribution is 2.37. The molecule has 5 rings (SSSR count). The fourth-order valence-corrected chi connectivity index (χ4v) is 5.07. The summed E-state index contributed by atoms with van der Waals surface area (Å²) in [6.07, 6.45) is 2.52. The molecule has 0 spiro atoms. The van der Waals surface area contributed by atoms with E-state index in [1.54, 1.807) is 37.4 Å². The smallest absolute Gasteiger partial charge is 0.287 e. The summed E-state index contributed by atoms with van der Waals surface area (Å²) in [5.74, 6) is 1.46. The van der Waals surface area contributed by atoms with Crippen LogP contribution in [0.3, 0.4) is 0 Å². The molecule has 0 saturated heterocycles. The number of para-hydroxylation sites is 1. The van der Waals surface area contributed by atoms with Crippen molar-refractivity contribution in [2.45, 2.75) is 26.7 Å². The molecule has 2 aromatic heterocycles. The molecule has 3 aromatic carbocycles. The van der Waals surface area contributed by atoms with Gasteiger partial charge in [-0.1, -0.05) is 49.2 Å². The van der Waals surface area contributed by atoms with Crippen LogP contribution < -0.4 is 15.0 Å². The molecule has 0 atom stereocenters. The van der Waals surface area contributed by atoms with Crippen molar-refractivity contribution in [3.63, 3.8) is 0 Å². The molecule has 12 heteroatoms. The van der Waals surface area contributed by atoms with E-state index in [0.29, 0.717) is 22.3 Å². The SMILES string of the molecule is COc1cc(C)c(-c2nc3ccccc3c(=O)n2N=Cc2cc(Cl)c(Oc3ccc([N+](=O)[O-])cn3)c(Cl)c2)cc1C(C)C. The molecule has 0 unspecified atom stereocenters. The topological polar surface area (TPSA) is 122 Å². The normalized spacial score (nSPS) is 11.4. The highest BCUT2D eigenvalue weighted by Gasteiger charge is 2.19. The number of nitrogens with zero attached hydrogens (tertiary/aromatic N) is 5. The molecule has 218 valence electrons. The molecule has 0 amide bonds. The van der Waals surface area contributed by atoms with Crippen molar-refractivity contribution < 1.29 is 14.4 Å². The number of hydrogen-bond donors (Lipinski definition) is 0. The van der Waals surface area contributed by atoms with Crippen molar-refractivity contribution in [1.29, 1.82) is 0 Å². The number of benzene rings is 3. The van der Waals surface area contributed by atoms with Crippen molar-refractivity contribution in [2.75, 3.05) is 7.11 Å². The van der Waals surface area contributed by atoms with E-state index in [0.717, 1.165) is 28.6 Å². The van der Waals surface area contributed by atoms with Gasteiger partial charge in [-0.05, 0) is 65.9 Å². The molecular weight excluding hydrogens is 593 g/mol. The van der Waals surface area contributed by atoms with Gasteiger partial charge in [0.05, 0.1) is 39.2 Å². The Morgan fingerprint density at radius 3 is 2.42 bits per heavy atom. The highest BCUT2D eigenvalue weighted by atomic mass is 35.5. The van der Waals surface area contributed by atoms with Crippen molar-refractivity contribution in [3.05, 3.63) is 114 Å². The Morgan fingerprint density at radius 1 is 1.07 bits per heavy atom. The van der Waals surface area contributed by atoms with Gasteiger partial charge in [-0.25, -0.2) is 9.97 Å². The Labute approximate surface area is 256 Å². The van der Waals surface area contributed by atoms with Gasteiger partial charge in [-0.3, -0.25) is 14.9 Å². The number of rotatable bonds is 8. The van der Waals surface area contributed by atoms with Crippen LogP contribution in [0.5, 0.6) is 17.4 Å². The molecule has 5 aromatic rings. The number of aryl methyl sites for hydroxylation is 1. The lowest BCUT2D eigenvalue weighted by atomic mass is 9.96. The van der Waals surface area contributed by atoms with Gasteiger partial charge in [-0.15, -0.1) is 0 Å². The molecular formula is C31H25Cl2N5O5. The number of hydrogen-bond acceptors (Lipinski definition) is 8. The number of halogens is 2. The molecule has 0 N–H and O–H groups in total. The second kappa shape index (κ2) is 12.2. The Hall–Kier alpha value is -4.80. The predicted molar refractivity (Wildman–Crippen MR) is 167 cm³/mol. The zero-order valence-corrected chi connectivity index (χ0v) is 25.1. The van der Waals surface area contributed by atoms with Crippen LogP contribution in [-0.2, 0) is 0 Å². The Balaban J connectivity index is 1.58. The Kier molecular flexibility index (Phi) is 8.43. The summed E-state index contributed by atoms with van der Waals surface area (Å²) in [6.45, 7) is 6.05. The van der Waals surface area contributed by atoms with Gasteiger partial charge in [0, 0.05) is 17.7 Å². The number of nitro groups is 1. The molecule has 0 fully saturated rings. The van der Waals surface area contributed by atoms with E-state index in [1.165, 1.54) is 23.0 Å². The van der Waals surface area contributed by atoms with Gasteiger partial charge in [0.2, 0.25) is 5.88 Å². The Morgan fingerprint density at radius 2 is 1.79 bits per heavy atom. The minimum absolute atomic E-state index is 0.0740. The first-order valence-corrected chi connectivity index (χ1v) is 13.8. The lowest BCUT2D eigenvalue weighted by molar-refractivity contribution is -0.385. The monoisotopic (exact) mass is 617 g/mol. The maximum Gasteiger partial charge on any atom is 0.287 e. The molecule has 2 heterocycles. The minimum Gasteiger partial charge on any atom is -0.496 e.